The first-order valence-corrected chi connectivity index (χ1v) is 9.66. The fraction of sp³-hybridized carbons (Fsp3) is 0.227. The predicted octanol–water partition coefficient (Wildman–Crippen LogP) is 4.13. The average molecular weight is 406 g/mol. The number of benzene rings is 2. The Morgan fingerprint density at radius 2 is 1.90 bits per heavy atom. The molecule has 2 aromatic carbocycles. The first kappa shape index (κ1) is 20.4. The number of pyridine rings is 1. The number of hydrogen-bond acceptors (Lipinski definition) is 5. The van der Waals surface area contributed by atoms with Crippen molar-refractivity contribution in [2.24, 2.45) is 0 Å². The molecule has 1 aromatic heterocycles. The van der Waals surface area contributed by atoms with Gasteiger partial charge in [0.1, 0.15) is 17.6 Å². The molecule has 0 aliphatic heterocycles. The zero-order valence-corrected chi connectivity index (χ0v) is 17.5. The number of methoxy groups -OCH3 is 1. The van der Waals surface area contributed by atoms with Gasteiger partial charge in [0.15, 0.2) is 5.11 Å². The van der Waals surface area contributed by atoms with E-state index in [2.05, 4.69) is 33.9 Å². The summed E-state index contributed by atoms with van der Waals surface area (Å²) in [4.78, 5) is 4.69. The minimum Gasteiger partial charge on any atom is -0.497 e. The third-order valence-corrected chi connectivity index (χ3v) is 4.93. The van der Waals surface area contributed by atoms with E-state index in [1.807, 2.05) is 49.4 Å². The minimum absolute atomic E-state index is 0.524. The summed E-state index contributed by atoms with van der Waals surface area (Å²) in [6.45, 7) is 5.26. The molecular formula is C22H23N5OS. The lowest BCUT2D eigenvalue weighted by Crippen LogP contribution is -2.32. The number of hydrogen-bond donors (Lipinski definition) is 3. The van der Waals surface area contributed by atoms with Gasteiger partial charge in [0.2, 0.25) is 0 Å². The largest absolute Gasteiger partial charge is 0.497 e. The van der Waals surface area contributed by atoms with Crippen LogP contribution in [0.1, 0.15) is 16.7 Å². The van der Waals surface area contributed by atoms with Gasteiger partial charge in [-0.3, -0.25) is 0 Å². The molecule has 3 rings (SSSR count). The molecule has 7 heteroatoms. The second kappa shape index (κ2) is 9.22. The van der Waals surface area contributed by atoms with Crippen LogP contribution in [-0.4, -0.2) is 30.3 Å². The summed E-state index contributed by atoms with van der Waals surface area (Å²) < 4.78 is 5.14. The zero-order chi connectivity index (χ0) is 20.8. The molecule has 0 saturated carbocycles. The van der Waals surface area contributed by atoms with Crippen molar-refractivity contribution in [3.63, 3.8) is 0 Å². The van der Waals surface area contributed by atoms with E-state index < -0.39 is 0 Å². The number of nitrogens with one attached hydrogen (secondary N) is 3. The number of anilines is 2. The van der Waals surface area contributed by atoms with E-state index in [9.17, 15) is 5.26 Å². The Bertz CT molecular complexity index is 1070. The van der Waals surface area contributed by atoms with Crippen LogP contribution < -0.4 is 20.7 Å². The van der Waals surface area contributed by atoms with Gasteiger partial charge in [0, 0.05) is 24.2 Å². The highest BCUT2D eigenvalue weighted by Crippen LogP contribution is 2.24. The standard InChI is InChI=1S/C22H23N5OS/c1-14-4-5-16-12-17(13-23)21(27-20(16)15(14)2)24-10-11-25-22(29)26-18-6-8-19(28-3)9-7-18/h4-9,12H,10-11H2,1-3H3,(H,24,27)(H2,25,26,29). The Balaban J connectivity index is 1.58. The molecule has 0 aliphatic rings. The molecular weight excluding hydrogens is 382 g/mol. The van der Waals surface area contributed by atoms with E-state index in [1.54, 1.807) is 7.11 Å². The van der Waals surface area contributed by atoms with E-state index in [-0.39, 0.29) is 0 Å². The highest BCUT2D eigenvalue weighted by Gasteiger charge is 2.09. The number of nitriles is 1. The summed E-state index contributed by atoms with van der Waals surface area (Å²) in [5.74, 6) is 1.38. The van der Waals surface area contributed by atoms with Crippen LogP contribution in [0.25, 0.3) is 10.9 Å². The van der Waals surface area contributed by atoms with Gasteiger partial charge in [-0.25, -0.2) is 4.98 Å². The Hall–Kier alpha value is -3.37. The van der Waals surface area contributed by atoms with Crippen LogP contribution in [0, 0.1) is 25.2 Å². The van der Waals surface area contributed by atoms with Crippen LogP contribution in [0.4, 0.5) is 11.5 Å². The molecule has 6 nitrogen and oxygen atoms in total. The molecule has 0 bridgehead atoms. The number of rotatable bonds is 6. The molecule has 0 atom stereocenters. The molecule has 0 spiro atoms. The number of aryl methyl sites for hydroxylation is 2. The van der Waals surface area contributed by atoms with Gasteiger partial charge in [-0.1, -0.05) is 12.1 Å². The van der Waals surface area contributed by atoms with E-state index in [0.29, 0.717) is 29.6 Å². The maximum atomic E-state index is 9.46. The van der Waals surface area contributed by atoms with Crippen molar-refractivity contribution >= 4 is 39.7 Å². The Morgan fingerprint density at radius 1 is 1.14 bits per heavy atom. The van der Waals surface area contributed by atoms with E-state index in [4.69, 9.17) is 17.0 Å². The first-order valence-electron chi connectivity index (χ1n) is 9.25. The smallest absolute Gasteiger partial charge is 0.170 e. The summed E-state index contributed by atoms with van der Waals surface area (Å²) in [5.41, 5.74) is 4.62. The molecule has 0 amide bonds. The van der Waals surface area contributed by atoms with Crippen LogP contribution in [0.3, 0.4) is 0 Å². The normalized spacial score (nSPS) is 10.3. The molecule has 0 radical (unpaired) electrons. The predicted molar refractivity (Wildman–Crippen MR) is 122 cm³/mol. The fourth-order valence-electron chi connectivity index (χ4n) is 2.91. The van der Waals surface area contributed by atoms with Gasteiger partial charge in [-0.05, 0) is 67.5 Å². The number of fused-ring (bicyclic) bond motifs is 1. The summed E-state index contributed by atoms with van der Waals surface area (Å²) in [5, 5.41) is 20.5. The van der Waals surface area contributed by atoms with Crippen molar-refractivity contribution in [1.82, 2.24) is 10.3 Å². The maximum Gasteiger partial charge on any atom is 0.170 e. The maximum absolute atomic E-state index is 9.46. The fourth-order valence-corrected chi connectivity index (χ4v) is 3.13. The van der Waals surface area contributed by atoms with Crippen LogP contribution in [-0.2, 0) is 0 Å². The lowest BCUT2D eigenvalue weighted by Gasteiger charge is -2.13. The van der Waals surface area contributed by atoms with Crippen molar-refractivity contribution in [3.05, 3.63) is 59.2 Å². The molecule has 3 N–H and O–H groups in total. The Labute approximate surface area is 175 Å². The van der Waals surface area contributed by atoms with E-state index >= 15 is 0 Å². The number of thiocarbonyl (C=S) groups is 1. The van der Waals surface area contributed by atoms with Crippen LogP contribution in [0.5, 0.6) is 5.75 Å². The zero-order valence-electron chi connectivity index (χ0n) is 16.7. The molecule has 0 fully saturated rings. The molecule has 0 aliphatic carbocycles. The number of nitrogens with zero attached hydrogens (tertiary/aromatic N) is 2. The lowest BCUT2D eigenvalue weighted by atomic mass is 10.0. The lowest BCUT2D eigenvalue weighted by molar-refractivity contribution is 0.415. The summed E-state index contributed by atoms with van der Waals surface area (Å²) in [7, 11) is 1.63. The second-order valence-electron chi connectivity index (χ2n) is 6.61. The molecule has 1 heterocycles. The quantitative estimate of drug-likeness (QED) is 0.420. The highest BCUT2D eigenvalue weighted by molar-refractivity contribution is 7.80. The monoisotopic (exact) mass is 405 g/mol. The summed E-state index contributed by atoms with van der Waals surface area (Å²) >= 11 is 5.32. The molecule has 0 unspecified atom stereocenters. The van der Waals surface area contributed by atoms with Crippen LogP contribution in [0.15, 0.2) is 42.5 Å². The Morgan fingerprint density at radius 3 is 2.59 bits per heavy atom. The summed E-state index contributed by atoms with van der Waals surface area (Å²) in [6.07, 6.45) is 0. The number of ether oxygens (including phenoxy) is 1. The van der Waals surface area contributed by atoms with Crippen molar-refractivity contribution in [2.45, 2.75) is 13.8 Å². The molecule has 0 saturated heterocycles. The van der Waals surface area contributed by atoms with Gasteiger partial charge in [-0.15, -0.1) is 0 Å². The van der Waals surface area contributed by atoms with Crippen LogP contribution in [0.2, 0.25) is 0 Å². The van der Waals surface area contributed by atoms with Gasteiger partial charge in [0.25, 0.3) is 0 Å². The molecule has 148 valence electrons. The van der Waals surface area contributed by atoms with E-state index in [0.717, 1.165) is 27.9 Å². The minimum atomic E-state index is 0.524. The summed E-state index contributed by atoms with van der Waals surface area (Å²) in [6, 6.07) is 15.7. The van der Waals surface area contributed by atoms with Gasteiger partial charge in [-0.2, -0.15) is 5.26 Å². The third kappa shape index (κ3) is 4.92. The third-order valence-electron chi connectivity index (χ3n) is 4.68. The van der Waals surface area contributed by atoms with Crippen molar-refractivity contribution in [1.29, 1.82) is 5.26 Å². The van der Waals surface area contributed by atoms with Crippen molar-refractivity contribution < 1.29 is 4.74 Å². The topological polar surface area (TPSA) is 82.0 Å². The average Bonchev–Trinajstić information content (AvgIpc) is 2.74. The Kier molecular flexibility index (Phi) is 6.47. The van der Waals surface area contributed by atoms with Gasteiger partial charge < -0.3 is 20.7 Å². The van der Waals surface area contributed by atoms with Crippen LogP contribution >= 0.6 is 12.2 Å². The molecule has 29 heavy (non-hydrogen) atoms. The SMILES string of the molecule is COc1ccc(NC(=S)NCCNc2nc3c(C)c(C)ccc3cc2C#N)cc1. The van der Waals surface area contributed by atoms with E-state index in [1.165, 1.54) is 5.56 Å². The second-order valence-corrected chi connectivity index (χ2v) is 7.02. The van der Waals surface area contributed by atoms with Gasteiger partial charge >= 0.3 is 0 Å². The van der Waals surface area contributed by atoms with Crippen molar-refractivity contribution in [2.75, 3.05) is 30.8 Å². The first-order chi connectivity index (χ1) is 14.0. The van der Waals surface area contributed by atoms with Crippen molar-refractivity contribution in [3.8, 4) is 11.8 Å². The van der Waals surface area contributed by atoms with Gasteiger partial charge in [0.05, 0.1) is 18.2 Å². The highest BCUT2D eigenvalue weighted by atomic mass is 32.1. The molecule has 3 aromatic rings. The number of aromatic nitrogens is 1.